The second-order valence-electron chi connectivity index (χ2n) is 9.83. The van der Waals surface area contributed by atoms with E-state index in [9.17, 15) is 4.39 Å². The molecule has 176 valence electrons. The van der Waals surface area contributed by atoms with Crippen LogP contribution in [0.15, 0.2) is 42.5 Å². The number of hydrogen-bond acceptors (Lipinski definition) is 2. The average molecular weight is 456 g/mol. The highest BCUT2D eigenvalue weighted by molar-refractivity contribution is 5.64. The summed E-state index contributed by atoms with van der Waals surface area (Å²) in [5, 5.41) is 8.87. The summed E-state index contributed by atoms with van der Waals surface area (Å²) in [7, 11) is 1.78. The van der Waals surface area contributed by atoms with Gasteiger partial charge in [0, 0.05) is 19.4 Å². The Bertz CT molecular complexity index is 966. The highest BCUT2D eigenvalue weighted by atomic mass is 19.3. The van der Waals surface area contributed by atoms with E-state index in [1.54, 1.807) is 43.5 Å². The van der Waals surface area contributed by atoms with Crippen molar-refractivity contribution < 1.29 is 17.9 Å². The minimum atomic E-state index is -2.72. The van der Waals surface area contributed by atoms with Crippen LogP contribution in [-0.2, 0) is 11.2 Å². The summed E-state index contributed by atoms with van der Waals surface area (Å²) in [6.07, 6.45) is 7.67. The van der Waals surface area contributed by atoms with Crippen molar-refractivity contribution in [2.75, 3.05) is 7.11 Å². The Labute approximate surface area is 194 Å². The third kappa shape index (κ3) is 5.61. The predicted octanol–water partition coefficient (Wildman–Crippen LogP) is 7.55. The van der Waals surface area contributed by atoms with Crippen LogP contribution in [0.4, 0.5) is 13.2 Å². The molecule has 2 nitrogen and oxygen atoms in total. The molecule has 2 fully saturated rings. The van der Waals surface area contributed by atoms with Gasteiger partial charge in [-0.3, -0.25) is 0 Å². The molecule has 0 heterocycles. The molecule has 0 unspecified atom stereocenters. The number of rotatable bonds is 6. The van der Waals surface area contributed by atoms with Crippen LogP contribution in [-0.4, -0.2) is 19.1 Å². The van der Waals surface area contributed by atoms with Crippen molar-refractivity contribution in [2.24, 2.45) is 17.8 Å². The first-order chi connectivity index (χ1) is 15.9. The third-order valence-electron chi connectivity index (χ3n) is 7.90. The Morgan fingerprint density at radius 3 is 2.00 bits per heavy atom. The zero-order valence-electron chi connectivity index (χ0n) is 19.2. The number of nitrogens with zero attached hydrogens (tertiary/aromatic N) is 1. The molecule has 0 atom stereocenters. The summed E-state index contributed by atoms with van der Waals surface area (Å²) >= 11 is 0. The van der Waals surface area contributed by atoms with E-state index in [1.165, 1.54) is 25.0 Å². The Morgan fingerprint density at radius 2 is 1.45 bits per heavy atom. The molecule has 0 amide bonds. The van der Waals surface area contributed by atoms with Crippen LogP contribution in [0.25, 0.3) is 11.1 Å². The third-order valence-corrected chi connectivity index (χ3v) is 7.90. The molecule has 0 bridgehead atoms. The van der Waals surface area contributed by atoms with Crippen molar-refractivity contribution in [1.29, 1.82) is 5.26 Å². The Balaban J connectivity index is 1.32. The number of alkyl halides is 2. The van der Waals surface area contributed by atoms with Crippen LogP contribution in [0, 0.1) is 34.9 Å². The van der Waals surface area contributed by atoms with Gasteiger partial charge < -0.3 is 4.74 Å². The van der Waals surface area contributed by atoms with Crippen LogP contribution >= 0.6 is 0 Å². The van der Waals surface area contributed by atoms with Crippen molar-refractivity contribution >= 4 is 0 Å². The van der Waals surface area contributed by atoms with Crippen LogP contribution in [0.2, 0.25) is 0 Å². The van der Waals surface area contributed by atoms with Gasteiger partial charge in [-0.05, 0) is 92.0 Å². The molecule has 4 rings (SSSR count). The first-order valence-electron chi connectivity index (χ1n) is 12.1. The second kappa shape index (κ2) is 10.3. The van der Waals surface area contributed by atoms with Crippen molar-refractivity contribution in [3.63, 3.8) is 0 Å². The number of hydrogen-bond donors (Lipinski definition) is 0. The van der Waals surface area contributed by atoms with Gasteiger partial charge in [0.05, 0.1) is 11.7 Å². The summed E-state index contributed by atoms with van der Waals surface area (Å²) in [5.74, 6) is -2.60. The quantitative estimate of drug-likeness (QED) is 0.450. The minimum Gasteiger partial charge on any atom is -0.381 e. The lowest BCUT2D eigenvalue weighted by atomic mass is 9.69. The van der Waals surface area contributed by atoms with Crippen LogP contribution in [0.5, 0.6) is 0 Å². The minimum absolute atomic E-state index is 0.00705. The fourth-order valence-electron chi connectivity index (χ4n) is 5.83. The molecule has 0 spiro atoms. The van der Waals surface area contributed by atoms with E-state index in [0.717, 1.165) is 31.2 Å². The molecular formula is C28H32F3NO. The van der Waals surface area contributed by atoms with Gasteiger partial charge in [0.2, 0.25) is 0 Å². The summed E-state index contributed by atoms with van der Waals surface area (Å²) in [6, 6.07) is 13.1. The largest absolute Gasteiger partial charge is 0.381 e. The number of ether oxygens (including phenoxy) is 1. The van der Waals surface area contributed by atoms with Gasteiger partial charge in [-0.2, -0.15) is 5.26 Å². The second-order valence-corrected chi connectivity index (χ2v) is 9.83. The van der Waals surface area contributed by atoms with Gasteiger partial charge in [-0.15, -0.1) is 0 Å². The zero-order chi connectivity index (χ0) is 23.4. The molecule has 5 heteroatoms. The number of methoxy groups -OCH3 is 1. The van der Waals surface area contributed by atoms with Crippen LogP contribution in [0.3, 0.4) is 0 Å². The monoisotopic (exact) mass is 455 g/mol. The number of halogens is 3. The Morgan fingerprint density at radius 1 is 0.879 bits per heavy atom. The van der Waals surface area contributed by atoms with Crippen LogP contribution < -0.4 is 0 Å². The van der Waals surface area contributed by atoms with Gasteiger partial charge in [-0.25, -0.2) is 13.2 Å². The van der Waals surface area contributed by atoms with Crippen molar-refractivity contribution in [3.05, 3.63) is 59.4 Å². The Kier molecular flexibility index (Phi) is 7.44. The van der Waals surface area contributed by atoms with Gasteiger partial charge in [0.25, 0.3) is 5.92 Å². The molecule has 33 heavy (non-hydrogen) atoms. The predicted molar refractivity (Wildman–Crippen MR) is 123 cm³/mol. The maximum Gasteiger partial charge on any atom is 0.254 e. The molecule has 0 N–H and O–H groups in total. The lowest BCUT2D eigenvalue weighted by Crippen LogP contribution is -2.36. The van der Waals surface area contributed by atoms with Crippen molar-refractivity contribution in [3.8, 4) is 17.2 Å². The van der Waals surface area contributed by atoms with E-state index in [-0.39, 0.29) is 12.0 Å². The number of benzene rings is 2. The van der Waals surface area contributed by atoms with E-state index >= 15 is 8.78 Å². The molecule has 2 aromatic carbocycles. The SMILES string of the molecule is COC1CCC(C2CCC(C(F)(F)Cc3ccc(-c4ccc(C#N)c(F)c4)cc3)CC2)CC1. The fourth-order valence-corrected chi connectivity index (χ4v) is 5.83. The zero-order valence-corrected chi connectivity index (χ0v) is 19.2. The Hall–Kier alpha value is -2.32. The van der Waals surface area contributed by atoms with Gasteiger partial charge in [-0.1, -0.05) is 30.3 Å². The molecule has 0 aromatic heterocycles. The standard InChI is InChI=1S/C28H32F3NO/c1-33-26-14-10-21(11-15-26)20-8-12-25(13-9-20)28(30,31)17-19-2-4-22(5-3-19)23-6-7-24(18-32)27(29)16-23/h2-7,16,20-21,25-26H,8-15,17H2,1H3. The fraction of sp³-hybridized carbons (Fsp3) is 0.536. The molecular weight excluding hydrogens is 423 g/mol. The normalized spacial score (nSPS) is 26.0. The first-order valence-corrected chi connectivity index (χ1v) is 12.1. The highest BCUT2D eigenvalue weighted by Crippen LogP contribution is 2.45. The molecule has 2 aromatic rings. The van der Waals surface area contributed by atoms with Crippen LogP contribution in [0.1, 0.15) is 62.5 Å². The van der Waals surface area contributed by atoms with E-state index in [2.05, 4.69) is 0 Å². The van der Waals surface area contributed by atoms with E-state index in [0.29, 0.717) is 41.9 Å². The topological polar surface area (TPSA) is 33.0 Å². The average Bonchev–Trinajstić information content (AvgIpc) is 2.84. The summed E-state index contributed by atoms with van der Waals surface area (Å²) in [5.41, 5.74) is 1.96. The summed E-state index contributed by atoms with van der Waals surface area (Å²) in [4.78, 5) is 0. The highest BCUT2D eigenvalue weighted by Gasteiger charge is 2.42. The molecule has 2 aliphatic carbocycles. The lowest BCUT2D eigenvalue weighted by molar-refractivity contribution is -0.0783. The van der Waals surface area contributed by atoms with Crippen molar-refractivity contribution in [2.45, 2.75) is 69.8 Å². The molecule has 2 saturated carbocycles. The lowest BCUT2D eigenvalue weighted by Gasteiger charge is -2.39. The number of nitriles is 1. The van der Waals surface area contributed by atoms with Gasteiger partial charge >= 0.3 is 0 Å². The summed E-state index contributed by atoms with van der Waals surface area (Å²) in [6.45, 7) is 0. The van der Waals surface area contributed by atoms with E-state index < -0.39 is 17.7 Å². The van der Waals surface area contributed by atoms with Crippen molar-refractivity contribution in [1.82, 2.24) is 0 Å². The molecule has 0 aliphatic heterocycles. The first kappa shape index (κ1) is 23.8. The smallest absolute Gasteiger partial charge is 0.254 e. The maximum absolute atomic E-state index is 15.1. The van der Waals surface area contributed by atoms with E-state index in [4.69, 9.17) is 10.00 Å². The molecule has 0 radical (unpaired) electrons. The van der Waals surface area contributed by atoms with E-state index in [1.807, 2.05) is 0 Å². The van der Waals surface area contributed by atoms with Gasteiger partial charge in [0.15, 0.2) is 0 Å². The maximum atomic E-state index is 15.1. The molecule has 0 saturated heterocycles. The van der Waals surface area contributed by atoms with Gasteiger partial charge in [0.1, 0.15) is 11.9 Å². The molecule has 2 aliphatic rings. The summed E-state index contributed by atoms with van der Waals surface area (Å²) < 4.78 is 49.6.